The van der Waals surface area contributed by atoms with E-state index in [9.17, 15) is 5.11 Å². The maximum absolute atomic E-state index is 10.2. The number of benzene rings is 1. The molecule has 0 bridgehead atoms. The van der Waals surface area contributed by atoms with Gasteiger partial charge in [0.1, 0.15) is 18.3 Å². The number of aliphatic hydroxyl groups excluding tert-OH is 1. The molecular weight excluding hydrogens is 386 g/mol. The molecule has 3 N–H and O–H groups in total. The van der Waals surface area contributed by atoms with E-state index >= 15 is 0 Å². The van der Waals surface area contributed by atoms with Crippen LogP contribution in [0.1, 0.15) is 26.3 Å². The fraction of sp³-hybridized carbons (Fsp3) is 0.565. The average Bonchev–Trinajstić information content (AvgIpc) is 2.70. The van der Waals surface area contributed by atoms with Crippen LogP contribution < -0.4 is 5.73 Å². The molecule has 0 saturated heterocycles. The van der Waals surface area contributed by atoms with Gasteiger partial charge in [0.2, 0.25) is 0 Å². The minimum atomic E-state index is -0.773. The van der Waals surface area contributed by atoms with Crippen molar-refractivity contribution in [2.45, 2.75) is 69.9 Å². The third-order valence-corrected chi connectivity index (χ3v) is 4.67. The molecule has 0 radical (unpaired) electrons. The summed E-state index contributed by atoms with van der Waals surface area (Å²) in [6.45, 7) is 6.84. The standard InChI is InChI=1S/C23H33NO6/c1-23(2,3)30-22-12-10-18(25)20(29-22)15-27-21-11-9-17(24)19(28-21)14-26-13-16-7-5-4-6-8-16/h4-12,17-22,25H,13-15,24H2,1-3H3/t17-,18+,19+,20+,21-,22-/m0/s1. The Balaban J connectivity index is 1.45. The zero-order valence-corrected chi connectivity index (χ0v) is 17.8. The van der Waals surface area contributed by atoms with E-state index in [1.807, 2.05) is 57.2 Å². The molecule has 2 aliphatic heterocycles. The molecule has 7 heteroatoms. The largest absolute Gasteiger partial charge is 0.386 e. The van der Waals surface area contributed by atoms with Crippen molar-refractivity contribution in [2.24, 2.45) is 5.73 Å². The smallest absolute Gasteiger partial charge is 0.178 e. The average molecular weight is 420 g/mol. The van der Waals surface area contributed by atoms with Gasteiger partial charge in [0, 0.05) is 0 Å². The van der Waals surface area contributed by atoms with Crippen LogP contribution in [0.25, 0.3) is 0 Å². The monoisotopic (exact) mass is 419 g/mol. The molecule has 7 nitrogen and oxygen atoms in total. The molecule has 1 aromatic rings. The lowest BCUT2D eigenvalue weighted by atomic mass is 10.1. The van der Waals surface area contributed by atoms with E-state index in [-0.39, 0.29) is 24.4 Å². The molecule has 0 amide bonds. The van der Waals surface area contributed by atoms with Crippen LogP contribution in [-0.4, -0.2) is 60.9 Å². The van der Waals surface area contributed by atoms with Gasteiger partial charge in [0.15, 0.2) is 12.6 Å². The summed E-state index contributed by atoms with van der Waals surface area (Å²) < 4.78 is 29.1. The van der Waals surface area contributed by atoms with Crippen molar-refractivity contribution in [3.05, 3.63) is 60.2 Å². The lowest BCUT2D eigenvalue weighted by Gasteiger charge is -2.35. The topological polar surface area (TPSA) is 92.4 Å². The molecule has 2 aliphatic rings. The second kappa shape index (κ2) is 10.6. The first-order chi connectivity index (χ1) is 14.3. The lowest BCUT2D eigenvalue weighted by Crippen LogP contribution is -2.46. The van der Waals surface area contributed by atoms with E-state index in [4.69, 9.17) is 29.4 Å². The van der Waals surface area contributed by atoms with E-state index in [1.165, 1.54) is 0 Å². The third kappa shape index (κ3) is 7.28. The minimum Gasteiger partial charge on any atom is -0.386 e. The summed E-state index contributed by atoms with van der Waals surface area (Å²) in [7, 11) is 0. The van der Waals surface area contributed by atoms with Gasteiger partial charge in [-0.3, -0.25) is 0 Å². The molecule has 30 heavy (non-hydrogen) atoms. The van der Waals surface area contributed by atoms with Crippen molar-refractivity contribution in [1.82, 2.24) is 0 Å². The van der Waals surface area contributed by atoms with Crippen molar-refractivity contribution in [1.29, 1.82) is 0 Å². The van der Waals surface area contributed by atoms with E-state index in [0.717, 1.165) is 5.56 Å². The van der Waals surface area contributed by atoms with E-state index in [1.54, 1.807) is 18.2 Å². The van der Waals surface area contributed by atoms with Gasteiger partial charge in [0.05, 0.1) is 31.5 Å². The van der Waals surface area contributed by atoms with Gasteiger partial charge in [-0.25, -0.2) is 0 Å². The van der Waals surface area contributed by atoms with Gasteiger partial charge in [-0.2, -0.15) is 0 Å². The molecule has 0 unspecified atom stereocenters. The number of hydrogen-bond donors (Lipinski definition) is 2. The van der Waals surface area contributed by atoms with Crippen LogP contribution in [0.2, 0.25) is 0 Å². The van der Waals surface area contributed by atoms with Crippen LogP contribution in [0.15, 0.2) is 54.6 Å². The predicted octanol–water partition coefficient (Wildman–Crippen LogP) is 2.29. The van der Waals surface area contributed by atoms with Crippen molar-refractivity contribution in [2.75, 3.05) is 13.2 Å². The Hall–Kier alpha value is -1.58. The first-order valence-corrected chi connectivity index (χ1v) is 10.3. The molecule has 2 heterocycles. The van der Waals surface area contributed by atoms with Gasteiger partial charge < -0.3 is 34.5 Å². The Kier molecular flexibility index (Phi) is 8.19. The highest BCUT2D eigenvalue weighted by Gasteiger charge is 2.31. The lowest BCUT2D eigenvalue weighted by molar-refractivity contribution is -0.236. The van der Waals surface area contributed by atoms with E-state index < -0.39 is 24.8 Å². The summed E-state index contributed by atoms with van der Waals surface area (Å²) in [5.41, 5.74) is 6.85. The highest BCUT2D eigenvalue weighted by Crippen LogP contribution is 2.21. The molecular formula is C23H33NO6. The quantitative estimate of drug-likeness (QED) is 0.625. The third-order valence-electron chi connectivity index (χ3n) is 4.67. The molecule has 166 valence electrons. The summed E-state index contributed by atoms with van der Waals surface area (Å²) in [6, 6.07) is 9.66. The highest BCUT2D eigenvalue weighted by atomic mass is 16.7. The molecule has 0 aliphatic carbocycles. The fourth-order valence-electron chi connectivity index (χ4n) is 3.13. The van der Waals surface area contributed by atoms with Crippen molar-refractivity contribution in [3.63, 3.8) is 0 Å². The zero-order valence-electron chi connectivity index (χ0n) is 17.8. The van der Waals surface area contributed by atoms with Gasteiger partial charge in [-0.05, 0) is 38.5 Å². The summed E-state index contributed by atoms with van der Waals surface area (Å²) in [4.78, 5) is 0. The summed E-state index contributed by atoms with van der Waals surface area (Å²) in [5.74, 6) is 0. The van der Waals surface area contributed by atoms with E-state index in [0.29, 0.717) is 13.2 Å². The molecule has 0 spiro atoms. The van der Waals surface area contributed by atoms with Crippen LogP contribution in [0, 0.1) is 0 Å². The maximum Gasteiger partial charge on any atom is 0.178 e. The Bertz CT molecular complexity index is 701. The molecule has 0 aromatic heterocycles. The van der Waals surface area contributed by atoms with Gasteiger partial charge in [0.25, 0.3) is 0 Å². The van der Waals surface area contributed by atoms with Crippen molar-refractivity contribution in [3.8, 4) is 0 Å². The molecule has 1 aromatic carbocycles. The first kappa shape index (κ1) is 23.1. The van der Waals surface area contributed by atoms with Crippen LogP contribution in [0.5, 0.6) is 0 Å². The van der Waals surface area contributed by atoms with E-state index in [2.05, 4.69) is 0 Å². The minimum absolute atomic E-state index is 0.150. The Morgan fingerprint density at radius 1 is 0.933 bits per heavy atom. The Morgan fingerprint density at radius 3 is 2.37 bits per heavy atom. The number of nitrogens with two attached hydrogens (primary N) is 1. The van der Waals surface area contributed by atoms with Gasteiger partial charge in [-0.15, -0.1) is 0 Å². The number of ether oxygens (including phenoxy) is 5. The number of aliphatic hydroxyl groups is 1. The normalized spacial score (nSPS) is 31.8. The maximum atomic E-state index is 10.2. The zero-order chi connectivity index (χ0) is 21.6. The Labute approximate surface area is 178 Å². The van der Waals surface area contributed by atoms with Crippen LogP contribution in [-0.2, 0) is 30.3 Å². The summed E-state index contributed by atoms with van der Waals surface area (Å²) in [5, 5.41) is 10.2. The first-order valence-electron chi connectivity index (χ1n) is 10.3. The molecule has 6 atom stereocenters. The fourth-order valence-corrected chi connectivity index (χ4v) is 3.13. The summed E-state index contributed by atoms with van der Waals surface area (Å²) in [6.07, 6.45) is 4.24. The highest BCUT2D eigenvalue weighted by molar-refractivity contribution is 5.13. The van der Waals surface area contributed by atoms with Crippen LogP contribution in [0.3, 0.4) is 0 Å². The van der Waals surface area contributed by atoms with Crippen molar-refractivity contribution < 1.29 is 28.8 Å². The molecule has 3 rings (SSSR count). The molecule has 0 fully saturated rings. The number of rotatable bonds is 8. The summed E-state index contributed by atoms with van der Waals surface area (Å²) >= 11 is 0. The number of hydrogen-bond acceptors (Lipinski definition) is 7. The molecule has 0 saturated carbocycles. The van der Waals surface area contributed by atoms with Crippen LogP contribution >= 0.6 is 0 Å². The van der Waals surface area contributed by atoms with Gasteiger partial charge >= 0.3 is 0 Å². The SMILES string of the molecule is CC(C)(C)O[C@H]1C=C[C@@H](O)[C@@H](CO[C@@H]2C=C[C@H](N)[C@@H](COCc3ccccc3)O2)O1. The Morgan fingerprint density at radius 2 is 1.63 bits per heavy atom. The van der Waals surface area contributed by atoms with Gasteiger partial charge in [-0.1, -0.05) is 42.5 Å². The second-order valence-electron chi connectivity index (χ2n) is 8.49. The predicted molar refractivity (Wildman–Crippen MR) is 112 cm³/mol. The van der Waals surface area contributed by atoms with Crippen LogP contribution in [0.4, 0.5) is 0 Å². The van der Waals surface area contributed by atoms with Crippen molar-refractivity contribution >= 4 is 0 Å². The second-order valence-corrected chi connectivity index (χ2v) is 8.49.